The van der Waals surface area contributed by atoms with E-state index >= 15 is 0 Å². The van der Waals surface area contributed by atoms with Gasteiger partial charge in [-0.3, -0.25) is 0 Å². The van der Waals surface area contributed by atoms with Gasteiger partial charge in [0, 0.05) is 36.8 Å². The first-order chi connectivity index (χ1) is 11.2. The van der Waals surface area contributed by atoms with Crippen molar-refractivity contribution in [3.63, 3.8) is 0 Å². The Morgan fingerprint density at radius 1 is 1.22 bits per heavy atom. The molecule has 1 N–H and O–H groups in total. The smallest absolute Gasteiger partial charge is 0.321 e. The molecule has 1 aliphatic heterocycles. The van der Waals surface area contributed by atoms with Crippen molar-refractivity contribution in [1.29, 1.82) is 0 Å². The molecule has 0 radical (unpaired) electrons. The topological polar surface area (TPSA) is 44.8 Å². The van der Waals surface area contributed by atoms with Crippen LogP contribution >= 0.6 is 11.8 Å². The lowest BCUT2D eigenvalue weighted by Gasteiger charge is -2.26. The van der Waals surface area contributed by atoms with Crippen molar-refractivity contribution in [3.05, 3.63) is 24.3 Å². The molecule has 1 aromatic carbocycles. The Balaban J connectivity index is 1.76. The highest BCUT2D eigenvalue weighted by molar-refractivity contribution is 7.99. The van der Waals surface area contributed by atoms with Gasteiger partial charge in [-0.25, -0.2) is 4.79 Å². The van der Waals surface area contributed by atoms with E-state index in [9.17, 15) is 4.79 Å². The van der Waals surface area contributed by atoms with E-state index in [2.05, 4.69) is 24.1 Å². The van der Waals surface area contributed by atoms with Crippen LogP contribution in [0.5, 0.6) is 5.75 Å². The average molecular weight is 337 g/mol. The third-order valence-electron chi connectivity index (χ3n) is 3.97. The second kappa shape index (κ2) is 9.67. The van der Waals surface area contributed by atoms with E-state index in [1.807, 2.05) is 40.9 Å². The lowest BCUT2D eigenvalue weighted by atomic mass is 10.3. The summed E-state index contributed by atoms with van der Waals surface area (Å²) >= 11 is 1.90. The molecule has 0 bridgehead atoms. The van der Waals surface area contributed by atoms with Gasteiger partial charge < -0.3 is 19.9 Å². The Bertz CT molecular complexity index is 471. The van der Waals surface area contributed by atoms with Crippen LogP contribution in [0.2, 0.25) is 0 Å². The van der Waals surface area contributed by atoms with Gasteiger partial charge in [0.25, 0.3) is 0 Å². The van der Waals surface area contributed by atoms with Crippen molar-refractivity contribution in [2.45, 2.75) is 13.8 Å². The van der Waals surface area contributed by atoms with Crippen LogP contribution in [0, 0.1) is 0 Å². The first-order valence-corrected chi connectivity index (χ1v) is 9.47. The standard InChI is InChI=1S/C17H27N3O2S/c1-3-19(4-2)9-12-22-16-7-5-15(6-8-16)18-17(21)20-10-13-23-14-11-20/h5-8H,3-4,9-14H2,1-2H3,(H,18,21). The molecule has 1 aliphatic rings. The predicted octanol–water partition coefficient (Wildman–Crippen LogP) is 2.99. The number of hydrogen-bond acceptors (Lipinski definition) is 4. The number of nitrogens with zero attached hydrogens (tertiary/aromatic N) is 2. The molecule has 2 rings (SSSR count). The number of hydrogen-bond donors (Lipinski definition) is 1. The third-order valence-corrected chi connectivity index (χ3v) is 4.92. The molecule has 0 spiro atoms. The molecule has 1 aromatic rings. The van der Waals surface area contributed by atoms with Crippen LogP contribution in [0.15, 0.2) is 24.3 Å². The molecule has 2 amide bonds. The number of rotatable bonds is 7. The maximum atomic E-state index is 12.1. The zero-order valence-electron chi connectivity index (χ0n) is 14.1. The summed E-state index contributed by atoms with van der Waals surface area (Å²) in [5.74, 6) is 2.88. The molecule has 0 saturated carbocycles. The van der Waals surface area contributed by atoms with Crippen molar-refractivity contribution < 1.29 is 9.53 Å². The number of benzene rings is 1. The van der Waals surface area contributed by atoms with Crippen LogP contribution in [-0.4, -0.2) is 66.7 Å². The van der Waals surface area contributed by atoms with E-state index in [1.54, 1.807) is 0 Å². The molecule has 5 nitrogen and oxygen atoms in total. The number of ether oxygens (including phenoxy) is 1. The summed E-state index contributed by atoms with van der Waals surface area (Å²) in [7, 11) is 0. The van der Waals surface area contributed by atoms with Crippen molar-refractivity contribution in [1.82, 2.24) is 9.80 Å². The van der Waals surface area contributed by atoms with Crippen LogP contribution < -0.4 is 10.1 Å². The fourth-order valence-electron chi connectivity index (χ4n) is 2.44. The van der Waals surface area contributed by atoms with E-state index in [0.29, 0.717) is 6.61 Å². The Hall–Kier alpha value is -1.40. The van der Waals surface area contributed by atoms with Gasteiger partial charge >= 0.3 is 6.03 Å². The van der Waals surface area contributed by atoms with Crippen LogP contribution in [0.1, 0.15) is 13.8 Å². The van der Waals surface area contributed by atoms with Crippen molar-refractivity contribution in [2.24, 2.45) is 0 Å². The molecular formula is C17H27N3O2S. The molecule has 1 fully saturated rings. The minimum Gasteiger partial charge on any atom is -0.492 e. The van der Waals surface area contributed by atoms with Gasteiger partial charge in [0.15, 0.2) is 0 Å². The summed E-state index contributed by atoms with van der Waals surface area (Å²) < 4.78 is 5.75. The van der Waals surface area contributed by atoms with Gasteiger partial charge in [-0.05, 0) is 37.4 Å². The summed E-state index contributed by atoms with van der Waals surface area (Å²) in [5, 5.41) is 2.95. The number of thioether (sulfide) groups is 1. The molecule has 1 saturated heterocycles. The number of amides is 2. The van der Waals surface area contributed by atoms with E-state index in [1.165, 1.54) is 0 Å². The summed E-state index contributed by atoms with van der Waals surface area (Å²) in [6, 6.07) is 7.58. The highest BCUT2D eigenvalue weighted by Crippen LogP contribution is 2.17. The summed E-state index contributed by atoms with van der Waals surface area (Å²) in [4.78, 5) is 16.3. The van der Waals surface area contributed by atoms with Gasteiger partial charge in [-0.1, -0.05) is 13.8 Å². The third kappa shape index (κ3) is 5.95. The molecular weight excluding hydrogens is 310 g/mol. The highest BCUT2D eigenvalue weighted by atomic mass is 32.2. The summed E-state index contributed by atoms with van der Waals surface area (Å²) in [6.07, 6.45) is 0. The van der Waals surface area contributed by atoms with Gasteiger partial charge in [0.2, 0.25) is 0 Å². The molecule has 0 aromatic heterocycles. The van der Waals surface area contributed by atoms with E-state index < -0.39 is 0 Å². The molecule has 128 valence electrons. The second-order valence-electron chi connectivity index (χ2n) is 5.43. The SMILES string of the molecule is CCN(CC)CCOc1ccc(NC(=O)N2CCSCC2)cc1. The Labute approximate surface area is 143 Å². The molecule has 23 heavy (non-hydrogen) atoms. The predicted molar refractivity (Wildman–Crippen MR) is 97.6 cm³/mol. The zero-order valence-corrected chi connectivity index (χ0v) is 14.9. The molecule has 6 heteroatoms. The molecule has 0 unspecified atom stereocenters. The Morgan fingerprint density at radius 2 is 1.87 bits per heavy atom. The van der Waals surface area contributed by atoms with Crippen LogP contribution in [-0.2, 0) is 0 Å². The van der Waals surface area contributed by atoms with Crippen molar-refractivity contribution in [3.8, 4) is 5.75 Å². The number of likely N-dealkylation sites (N-methyl/N-ethyl adjacent to an activating group) is 1. The van der Waals surface area contributed by atoms with Gasteiger partial charge in [0.1, 0.15) is 12.4 Å². The van der Waals surface area contributed by atoms with Gasteiger partial charge in [0.05, 0.1) is 0 Å². The normalized spacial score (nSPS) is 14.8. The molecule has 1 heterocycles. The summed E-state index contributed by atoms with van der Waals surface area (Å²) in [6.45, 7) is 9.65. The second-order valence-corrected chi connectivity index (χ2v) is 6.65. The van der Waals surface area contributed by atoms with E-state index in [-0.39, 0.29) is 6.03 Å². The lowest BCUT2D eigenvalue weighted by Crippen LogP contribution is -2.40. The number of anilines is 1. The van der Waals surface area contributed by atoms with Gasteiger partial charge in [-0.15, -0.1) is 0 Å². The average Bonchev–Trinajstić information content (AvgIpc) is 2.61. The fraction of sp³-hybridized carbons (Fsp3) is 0.588. The van der Waals surface area contributed by atoms with E-state index in [0.717, 1.165) is 55.7 Å². The number of carbonyl (C=O) groups is 1. The monoisotopic (exact) mass is 337 g/mol. The maximum absolute atomic E-state index is 12.1. The number of urea groups is 1. The Kier molecular flexibility index (Phi) is 7.55. The first-order valence-electron chi connectivity index (χ1n) is 8.31. The van der Waals surface area contributed by atoms with Crippen LogP contribution in [0.4, 0.5) is 10.5 Å². The highest BCUT2D eigenvalue weighted by Gasteiger charge is 2.16. The van der Waals surface area contributed by atoms with Crippen LogP contribution in [0.3, 0.4) is 0 Å². The maximum Gasteiger partial charge on any atom is 0.321 e. The quantitative estimate of drug-likeness (QED) is 0.831. The molecule has 0 atom stereocenters. The first kappa shape index (κ1) is 17.9. The minimum atomic E-state index is -0.0134. The molecule has 0 aliphatic carbocycles. The van der Waals surface area contributed by atoms with Gasteiger partial charge in [-0.2, -0.15) is 11.8 Å². The minimum absolute atomic E-state index is 0.0134. The number of nitrogens with one attached hydrogen (secondary N) is 1. The fourth-order valence-corrected chi connectivity index (χ4v) is 3.34. The van der Waals surface area contributed by atoms with E-state index in [4.69, 9.17) is 4.74 Å². The zero-order chi connectivity index (χ0) is 16.5. The largest absolute Gasteiger partial charge is 0.492 e. The van der Waals surface area contributed by atoms with Crippen molar-refractivity contribution in [2.75, 3.05) is 56.2 Å². The lowest BCUT2D eigenvalue weighted by molar-refractivity contribution is 0.217. The van der Waals surface area contributed by atoms with Crippen LogP contribution in [0.25, 0.3) is 0 Å². The Morgan fingerprint density at radius 3 is 2.48 bits per heavy atom. The van der Waals surface area contributed by atoms with Crippen molar-refractivity contribution >= 4 is 23.5 Å². The summed E-state index contributed by atoms with van der Waals surface area (Å²) in [5.41, 5.74) is 0.810. The number of carbonyl (C=O) groups excluding carboxylic acids is 1.